The summed E-state index contributed by atoms with van der Waals surface area (Å²) in [6.07, 6.45) is 3.37. The maximum absolute atomic E-state index is 6.07. The van der Waals surface area contributed by atoms with Gasteiger partial charge < -0.3 is 10.1 Å². The lowest BCUT2D eigenvalue weighted by Crippen LogP contribution is -2.26. The van der Waals surface area contributed by atoms with Crippen molar-refractivity contribution in [2.75, 3.05) is 19.7 Å². The van der Waals surface area contributed by atoms with Crippen LogP contribution in [0.15, 0.2) is 54.6 Å². The zero-order valence-corrected chi connectivity index (χ0v) is 12.4. The van der Waals surface area contributed by atoms with Crippen LogP contribution in [0, 0.1) is 0 Å². The van der Waals surface area contributed by atoms with Crippen molar-refractivity contribution in [2.45, 2.75) is 25.2 Å². The third-order valence-electron chi connectivity index (χ3n) is 4.19. The van der Waals surface area contributed by atoms with Gasteiger partial charge in [-0.2, -0.15) is 0 Å². The van der Waals surface area contributed by atoms with Crippen molar-refractivity contribution in [3.8, 4) is 5.75 Å². The minimum atomic E-state index is 0.638. The molecule has 3 rings (SSSR count). The highest BCUT2D eigenvalue weighted by Crippen LogP contribution is 2.32. The molecule has 21 heavy (non-hydrogen) atoms. The van der Waals surface area contributed by atoms with E-state index in [2.05, 4.69) is 59.9 Å². The van der Waals surface area contributed by atoms with Crippen molar-refractivity contribution < 1.29 is 4.74 Å². The second kappa shape index (κ2) is 7.28. The van der Waals surface area contributed by atoms with Crippen LogP contribution in [-0.2, 0) is 6.42 Å². The van der Waals surface area contributed by atoms with Crippen LogP contribution in [0.3, 0.4) is 0 Å². The fraction of sp³-hybridized carbons (Fsp3) is 0.368. The summed E-state index contributed by atoms with van der Waals surface area (Å²) in [5, 5.41) is 3.43. The van der Waals surface area contributed by atoms with Gasteiger partial charge in [-0.25, -0.2) is 0 Å². The summed E-state index contributed by atoms with van der Waals surface area (Å²) in [7, 11) is 0. The molecule has 110 valence electrons. The Balaban J connectivity index is 1.62. The lowest BCUT2D eigenvalue weighted by molar-refractivity contribution is 0.313. The highest BCUT2D eigenvalue weighted by Gasteiger charge is 2.18. The Morgan fingerprint density at radius 3 is 2.43 bits per heavy atom. The highest BCUT2D eigenvalue weighted by atomic mass is 16.5. The van der Waals surface area contributed by atoms with Crippen LogP contribution in [0.2, 0.25) is 0 Å². The summed E-state index contributed by atoms with van der Waals surface area (Å²) < 4.78 is 6.07. The average molecular weight is 281 g/mol. The van der Waals surface area contributed by atoms with E-state index in [0.717, 1.165) is 31.9 Å². The fourth-order valence-electron chi connectivity index (χ4n) is 3.01. The van der Waals surface area contributed by atoms with E-state index in [1.54, 1.807) is 0 Å². The Morgan fingerprint density at radius 1 is 0.905 bits per heavy atom. The van der Waals surface area contributed by atoms with E-state index >= 15 is 0 Å². The second-order valence-corrected chi connectivity index (χ2v) is 5.65. The normalized spacial score (nSPS) is 15.8. The Labute approximate surface area is 127 Å². The van der Waals surface area contributed by atoms with E-state index in [-0.39, 0.29) is 0 Å². The molecule has 1 saturated heterocycles. The minimum absolute atomic E-state index is 0.638. The standard InChI is InChI=1S/C19H23NO/c1-2-6-16(7-3-1)12-15-21-19-9-5-4-8-18(19)17-10-13-20-14-11-17/h1-9,17,20H,10-15H2. The van der Waals surface area contributed by atoms with E-state index < -0.39 is 0 Å². The summed E-state index contributed by atoms with van der Waals surface area (Å²) in [6.45, 7) is 2.97. The Morgan fingerprint density at radius 2 is 1.62 bits per heavy atom. The molecule has 0 radical (unpaired) electrons. The van der Waals surface area contributed by atoms with Crippen molar-refractivity contribution in [2.24, 2.45) is 0 Å². The number of rotatable bonds is 5. The number of para-hydroxylation sites is 1. The van der Waals surface area contributed by atoms with Crippen LogP contribution >= 0.6 is 0 Å². The average Bonchev–Trinajstić information content (AvgIpc) is 2.57. The van der Waals surface area contributed by atoms with Gasteiger partial charge in [0.1, 0.15) is 5.75 Å². The van der Waals surface area contributed by atoms with Gasteiger partial charge in [0.25, 0.3) is 0 Å². The summed E-state index contributed by atoms with van der Waals surface area (Å²) in [5.74, 6) is 1.71. The SMILES string of the molecule is c1ccc(CCOc2ccccc2C2CCNCC2)cc1. The Kier molecular flexibility index (Phi) is 4.90. The van der Waals surface area contributed by atoms with E-state index in [9.17, 15) is 0 Å². The molecule has 0 saturated carbocycles. The number of piperidine rings is 1. The predicted molar refractivity (Wildman–Crippen MR) is 86.9 cm³/mol. The van der Waals surface area contributed by atoms with Crippen molar-refractivity contribution in [1.82, 2.24) is 5.32 Å². The number of ether oxygens (including phenoxy) is 1. The number of benzene rings is 2. The van der Waals surface area contributed by atoms with Crippen molar-refractivity contribution in [3.63, 3.8) is 0 Å². The second-order valence-electron chi connectivity index (χ2n) is 5.65. The summed E-state index contributed by atoms with van der Waals surface area (Å²) in [6, 6.07) is 19.1. The molecule has 1 aliphatic heterocycles. The van der Waals surface area contributed by atoms with Gasteiger partial charge in [0.15, 0.2) is 0 Å². The van der Waals surface area contributed by atoms with Gasteiger partial charge in [-0.15, -0.1) is 0 Å². The molecule has 2 nitrogen and oxygen atoms in total. The first-order valence-corrected chi connectivity index (χ1v) is 7.90. The summed E-state index contributed by atoms with van der Waals surface area (Å²) in [4.78, 5) is 0. The van der Waals surface area contributed by atoms with Crippen LogP contribution < -0.4 is 10.1 Å². The maximum Gasteiger partial charge on any atom is 0.122 e. The molecule has 1 N–H and O–H groups in total. The van der Waals surface area contributed by atoms with Crippen LogP contribution in [0.4, 0.5) is 0 Å². The zero-order chi connectivity index (χ0) is 14.3. The maximum atomic E-state index is 6.07. The van der Waals surface area contributed by atoms with Crippen LogP contribution in [0.1, 0.15) is 29.9 Å². The third-order valence-corrected chi connectivity index (χ3v) is 4.19. The largest absolute Gasteiger partial charge is 0.493 e. The molecule has 0 aromatic heterocycles. The smallest absolute Gasteiger partial charge is 0.122 e. The number of hydrogen-bond donors (Lipinski definition) is 1. The topological polar surface area (TPSA) is 21.3 Å². The van der Waals surface area contributed by atoms with Gasteiger partial charge in [-0.05, 0) is 49.0 Å². The molecular formula is C19H23NO. The van der Waals surface area contributed by atoms with Gasteiger partial charge in [-0.1, -0.05) is 48.5 Å². The molecule has 0 spiro atoms. The van der Waals surface area contributed by atoms with Gasteiger partial charge in [-0.3, -0.25) is 0 Å². The Hall–Kier alpha value is -1.80. The first-order valence-electron chi connectivity index (χ1n) is 7.90. The predicted octanol–water partition coefficient (Wildman–Crippen LogP) is 3.78. The molecule has 1 heterocycles. The zero-order valence-electron chi connectivity index (χ0n) is 12.4. The number of hydrogen-bond acceptors (Lipinski definition) is 2. The van der Waals surface area contributed by atoms with Crippen molar-refractivity contribution >= 4 is 0 Å². The molecule has 1 fully saturated rings. The van der Waals surface area contributed by atoms with Gasteiger partial charge >= 0.3 is 0 Å². The molecule has 0 bridgehead atoms. The molecule has 2 aromatic carbocycles. The van der Waals surface area contributed by atoms with E-state index in [1.165, 1.54) is 24.0 Å². The van der Waals surface area contributed by atoms with E-state index in [1.807, 2.05) is 0 Å². The molecule has 0 amide bonds. The molecular weight excluding hydrogens is 258 g/mol. The lowest BCUT2D eigenvalue weighted by atomic mass is 9.89. The Bertz CT molecular complexity index is 547. The third kappa shape index (κ3) is 3.85. The first-order chi connectivity index (χ1) is 10.4. The molecule has 1 aliphatic rings. The van der Waals surface area contributed by atoms with Crippen LogP contribution in [0.5, 0.6) is 5.75 Å². The fourth-order valence-corrected chi connectivity index (χ4v) is 3.01. The molecule has 0 aliphatic carbocycles. The molecule has 0 unspecified atom stereocenters. The van der Waals surface area contributed by atoms with Gasteiger partial charge in [0.2, 0.25) is 0 Å². The summed E-state index contributed by atoms with van der Waals surface area (Å²) >= 11 is 0. The lowest BCUT2D eigenvalue weighted by Gasteiger charge is -2.25. The quantitative estimate of drug-likeness (QED) is 0.900. The summed E-state index contributed by atoms with van der Waals surface area (Å²) in [5.41, 5.74) is 2.71. The van der Waals surface area contributed by atoms with Crippen LogP contribution in [-0.4, -0.2) is 19.7 Å². The first kappa shape index (κ1) is 14.2. The monoisotopic (exact) mass is 281 g/mol. The molecule has 2 heteroatoms. The van der Waals surface area contributed by atoms with E-state index in [4.69, 9.17) is 4.74 Å². The van der Waals surface area contributed by atoms with E-state index in [0.29, 0.717) is 5.92 Å². The minimum Gasteiger partial charge on any atom is -0.493 e. The van der Waals surface area contributed by atoms with Crippen molar-refractivity contribution in [1.29, 1.82) is 0 Å². The highest BCUT2D eigenvalue weighted by molar-refractivity contribution is 5.36. The van der Waals surface area contributed by atoms with Crippen LogP contribution in [0.25, 0.3) is 0 Å². The van der Waals surface area contributed by atoms with Gasteiger partial charge in [0.05, 0.1) is 6.61 Å². The molecule has 0 atom stereocenters. The number of nitrogens with one attached hydrogen (secondary N) is 1. The van der Waals surface area contributed by atoms with Crippen molar-refractivity contribution in [3.05, 3.63) is 65.7 Å². The van der Waals surface area contributed by atoms with Gasteiger partial charge in [0, 0.05) is 6.42 Å². The molecule has 2 aromatic rings.